The highest BCUT2D eigenvalue weighted by Crippen LogP contribution is 2.33. The third-order valence-corrected chi connectivity index (χ3v) is 4.83. The van der Waals surface area contributed by atoms with Crippen LogP contribution >= 0.6 is 22.7 Å². The molecule has 3 aromatic heterocycles. The molecular weight excluding hydrogens is 318 g/mol. The molecule has 22 heavy (non-hydrogen) atoms. The second kappa shape index (κ2) is 5.36. The molecule has 0 amide bonds. The number of carbonyl (C=O) groups is 1. The van der Waals surface area contributed by atoms with E-state index in [1.54, 1.807) is 21.4 Å². The lowest BCUT2D eigenvalue weighted by Crippen LogP contribution is -1.96. The Hall–Kier alpha value is -2.51. The van der Waals surface area contributed by atoms with Crippen molar-refractivity contribution in [2.24, 2.45) is 0 Å². The van der Waals surface area contributed by atoms with E-state index in [9.17, 15) is 4.79 Å². The third kappa shape index (κ3) is 2.11. The molecule has 0 aliphatic heterocycles. The molecule has 0 unspecified atom stereocenters. The molecule has 3 heterocycles. The predicted molar refractivity (Wildman–Crippen MR) is 86.7 cm³/mol. The van der Waals surface area contributed by atoms with Crippen LogP contribution in [0.5, 0.6) is 5.88 Å². The number of rotatable bonds is 4. The summed E-state index contributed by atoms with van der Waals surface area (Å²) in [5.74, 6) is 0.284. The molecule has 0 radical (unpaired) electrons. The minimum Gasteiger partial charge on any atom is -0.409 e. The number of thiophene rings is 1. The van der Waals surface area contributed by atoms with E-state index in [0.29, 0.717) is 11.6 Å². The van der Waals surface area contributed by atoms with E-state index in [2.05, 4.69) is 4.98 Å². The van der Waals surface area contributed by atoms with Gasteiger partial charge < -0.3 is 4.74 Å². The van der Waals surface area contributed by atoms with Crippen LogP contribution in [-0.4, -0.2) is 21.2 Å². The average molecular weight is 327 g/mol. The molecule has 0 bridgehead atoms. The molecule has 0 saturated carbocycles. The predicted octanol–water partition coefficient (Wildman–Crippen LogP) is 3.75. The Morgan fingerprint density at radius 1 is 1.14 bits per heavy atom. The quantitative estimate of drug-likeness (QED) is 0.536. The summed E-state index contributed by atoms with van der Waals surface area (Å²) in [5.41, 5.74) is 1.90. The van der Waals surface area contributed by atoms with Crippen LogP contribution in [0, 0.1) is 0 Å². The van der Waals surface area contributed by atoms with Crippen LogP contribution in [0.2, 0.25) is 0 Å². The van der Waals surface area contributed by atoms with Gasteiger partial charge in [-0.3, -0.25) is 4.79 Å². The molecule has 0 atom stereocenters. The van der Waals surface area contributed by atoms with Crippen molar-refractivity contribution < 1.29 is 9.53 Å². The summed E-state index contributed by atoms with van der Waals surface area (Å²) in [6, 6.07) is 12.1. The number of fused-ring (bicyclic) bond motifs is 1. The van der Waals surface area contributed by atoms with Crippen molar-refractivity contribution in [1.82, 2.24) is 14.8 Å². The maximum absolute atomic E-state index is 10.4. The van der Waals surface area contributed by atoms with E-state index < -0.39 is 0 Å². The number of carbonyl (C=O) groups excluding carboxylic acids is 1. The zero-order valence-corrected chi connectivity index (χ0v) is 12.8. The normalized spacial score (nSPS) is 10.9. The lowest BCUT2D eigenvalue weighted by atomic mass is 10.2. The summed E-state index contributed by atoms with van der Waals surface area (Å²) < 4.78 is 6.56. The van der Waals surface area contributed by atoms with Crippen molar-refractivity contribution in [2.45, 2.75) is 0 Å². The second-order valence-electron chi connectivity index (χ2n) is 4.44. The minimum absolute atomic E-state index is 0.284. The Morgan fingerprint density at radius 2 is 2.05 bits per heavy atom. The van der Waals surface area contributed by atoms with Crippen molar-refractivity contribution >= 4 is 40.0 Å². The van der Waals surface area contributed by atoms with Crippen LogP contribution in [0.3, 0.4) is 0 Å². The van der Waals surface area contributed by atoms with Gasteiger partial charge in [0.25, 0.3) is 6.47 Å². The Labute approximate surface area is 133 Å². The topological polar surface area (TPSA) is 57.0 Å². The average Bonchev–Trinajstić information content (AvgIpc) is 3.26. The Balaban J connectivity index is 1.92. The first-order valence-corrected chi connectivity index (χ1v) is 8.20. The molecule has 4 aromatic rings. The molecule has 0 aliphatic carbocycles. The van der Waals surface area contributed by atoms with Crippen molar-refractivity contribution in [2.75, 3.05) is 0 Å². The van der Waals surface area contributed by atoms with Gasteiger partial charge in [-0.25, -0.2) is 4.68 Å². The fraction of sp³-hybridized carbons (Fsp3) is 0. The summed E-state index contributed by atoms with van der Waals surface area (Å²) in [6.45, 7) is 0.372. The standard InChI is InChI=1S/C15H9N3O2S2/c19-9-20-13-8-22-15(16-13)18-11-5-2-1-4-10(11)14(17-18)12-6-3-7-21-12/h1-9H. The SMILES string of the molecule is O=COc1csc(-n2nc(-c3cccs3)c3ccccc32)n1. The van der Waals surface area contributed by atoms with E-state index in [1.165, 1.54) is 11.3 Å². The summed E-state index contributed by atoms with van der Waals surface area (Å²) in [5, 5.41) is 10.2. The van der Waals surface area contributed by atoms with Gasteiger partial charge in [-0.15, -0.1) is 11.3 Å². The molecule has 0 spiro atoms. The molecule has 1 aromatic carbocycles. The van der Waals surface area contributed by atoms with E-state index >= 15 is 0 Å². The van der Waals surface area contributed by atoms with E-state index in [4.69, 9.17) is 9.84 Å². The fourth-order valence-electron chi connectivity index (χ4n) is 2.26. The fourth-order valence-corrected chi connectivity index (χ4v) is 3.68. The summed E-state index contributed by atoms with van der Waals surface area (Å²) in [4.78, 5) is 15.8. The van der Waals surface area contributed by atoms with E-state index in [0.717, 1.165) is 21.5 Å². The number of aromatic nitrogens is 3. The first-order chi connectivity index (χ1) is 10.9. The van der Waals surface area contributed by atoms with Gasteiger partial charge in [0, 0.05) is 5.39 Å². The summed E-state index contributed by atoms with van der Waals surface area (Å²) >= 11 is 3.03. The van der Waals surface area contributed by atoms with Crippen molar-refractivity contribution in [3.05, 3.63) is 47.2 Å². The van der Waals surface area contributed by atoms with E-state index in [1.807, 2.05) is 41.8 Å². The monoisotopic (exact) mass is 327 g/mol. The first-order valence-electron chi connectivity index (χ1n) is 6.44. The number of hydrogen-bond acceptors (Lipinski definition) is 6. The highest BCUT2D eigenvalue weighted by Gasteiger charge is 2.16. The molecular formula is C15H9N3O2S2. The van der Waals surface area contributed by atoms with Gasteiger partial charge in [0.2, 0.25) is 11.0 Å². The molecule has 7 heteroatoms. The Kier molecular flexibility index (Phi) is 3.21. The maximum Gasteiger partial charge on any atom is 0.299 e. The molecule has 5 nitrogen and oxygen atoms in total. The zero-order valence-electron chi connectivity index (χ0n) is 11.2. The van der Waals surface area contributed by atoms with Gasteiger partial charge in [0.1, 0.15) is 5.69 Å². The number of nitrogens with zero attached hydrogens (tertiary/aromatic N) is 3. The van der Waals surface area contributed by atoms with Crippen molar-refractivity contribution in [3.63, 3.8) is 0 Å². The van der Waals surface area contributed by atoms with Crippen molar-refractivity contribution in [1.29, 1.82) is 0 Å². The zero-order chi connectivity index (χ0) is 14.9. The van der Waals surface area contributed by atoms with Gasteiger partial charge in [0.15, 0.2) is 0 Å². The van der Waals surface area contributed by atoms with Crippen LogP contribution in [0.15, 0.2) is 47.2 Å². The summed E-state index contributed by atoms with van der Waals surface area (Å²) in [7, 11) is 0. The maximum atomic E-state index is 10.4. The summed E-state index contributed by atoms with van der Waals surface area (Å²) in [6.07, 6.45) is 0. The van der Waals surface area contributed by atoms with Gasteiger partial charge in [-0.05, 0) is 17.5 Å². The van der Waals surface area contributed by atoms with Crippen LogP contribution < -0.4 is 4.74 Å². The molecule has 0 N–H and O–H groups in total. The number of ether oxygens (including phenoxy) is 1. The number of benzene rings is 1. The smallest absolute Gasteiger partial charge is 0.299 e. The highest BCUT2D eigenvalue weighted by atomic mass is 32.1. The molecule has 4 rings (SSSR count). The van der Waals surface area contributed by atoms with Gasteiger partial charge in [-0.2, -0.15) is 10.1 Å². The third-order valence-electron chi connectivity index (χ3n) is 3.16. The lowest BCUT2D eigenvalue weighted by molar-refractivity contribution is -0.120. The number of hydrogen-bond donors (Lipinski definition) is 0. The Morgan fingerprint density at radius 3 is 2.86 bits per heavy atom. The highest BCUT2D eigenvalue weighted by molar-refractivity contribution is 7.13. The Bertz CT molecular complexity index is 941. The molecule has 108 valence electrons. The van der Waals surface area contributed by atoms with E-state index in [-0.39, 0.29) is 5.88 Å². The molecule has 0 saturated heterocycles. The van der Waals surface area contributed by atoms with Crippen LogP contribution in [0.4, 0.5) is 0 Å². The van der Waals surface area contributed by atoms with Gasteiger partial charge in [-0.1, -0.05) is 35.6 Å². The van der Waals surface area contributed by atoms with Crippen molar-refractivity contribution in [3.8, 4) is 21.6 Å². The number of thiazole rings is 1. The van der Waals surface area contributed by atoms with Crippen LogP contribution in [-0.2, 0) is 4.79 Å². The minimum atomic E-state index is 0.284. The lowest BCUT2D eigenvalue weighted by Gasteiger charge is -1.96. The van der Waals surface area contributed by atoms with Crippen LogP contribution in [0.1, 0.15) is 0 Å². The van der Waals surface area contributed by atoms with Gasteiger partial charge in [0.05, 0.1) is 15.8 Å². The first kappa shape index (κ1) is 13.2. The molecule has 0 aliphatic rings. The second-order valence-corrected chi connectivity index (χ2v) is 6.22. The van der Waals surface area contributed by atoms with Gasteiger partial charge >= 0.3 is 0 Å². The number of para-hydroxylation sites is 1. The molecule has 0 fully saturated rings. The van der Waals surface area contributed by atoms with Crippen LogP contribution in [0.25, 0.3) is 26.6 Å². The largest absolute Gasteiger partial charge is 0.409 e.